The molecule has 1 aliphatic carbocycles. The molecule has 1 fully saturated rings. The van der Waals surface area contributed by atoms with Gasteiger partial charge in [0, 0.05) is 11.5 Å². The third-order valence-corrected chi connectivity index (χ3v) is 2.76. The first-order valence-corrected chi connectivity index (χ1v) is 5.88. The van der Waals surface area contributed by atoms with E-state index in [2.05, 4.69) is 9.99 Å². The van der Waals surface area contributed by atoms with E-state index in [1.54, 1.807) is 6.92 Å². The van der Waals surface area contributed by atoms with E-state index in [0.29, 0.717) is 5.92 Å². The van der Waals surface area contributed by atoms with Crippen LogP contribution in [0, 0.1) is 11.7 Å². The molecule has 0 atom stereocenters. The fraction of sp³-hybridized carbons (Fsp3) is 0.308. The zero-order chi connectivity index (χ0) is 13.8. The van der Waals surface area contributed by atoms with E-state index in [-0.39, 0.29) is 5.56 Å². The van der Waals surface area contributed by atoms with Crippen molar-refractivity contribution in [2.24, 2.45) is 11.1 Å². The Bertz CT molecular complexity index is 521. The van der Waals surface area contributed by atoms with Gasteiger partial charge in [-0.2, -0.15) is 0 Å². The van der Waals surface area contributed by atoms with E-state index in [0.717, 1.165) is 30.7 Å². The number of carbonyl (C=O) groups excluding carboxylic acids is 2. The van der Waals surface area contributed by atoms with Crippen LogP contribution in [0.1, 0.15) is 30.1 Å². The fourth-order valence-corrected chi connectivity index (χ4v) is 1.48. The number of rotatable bonds is 3. The molecule has 100 valence electrons. The van der Waals surface area contributed by atoms with Gasteiger partial charge in [-0.25, -0.2) is 9.18 Å². The molecule has 0 aliphatic heterocycles. The average molecular weight is 264 g/mol. The lowest BCUT2D eigenvalue weighted by atomic mass is 10.2. The Labute approximate surface area is 109 Å². The highest BCUT2D eigenvalue weighted by Gasteiger charge is 2.25. The Kier molecular flexibility index (Phi) is 3.89. The number of carbonyl (C=O) groups is 2. The summed E-state index contributed by atoms with van der Waals surface area (Å²) in [5, 5.41) is 5.64. The van der Waals surface area contributed by atoms with Gasteiger partial charge in [-0.15, -0.1) is 0 Å². The van der Waals surface area contributed by atoms with Crippen LogP contribution in [0.3, 0.4) is 0 Å². The highest BCUT2D eigenvalue weighted by atomic mass is 19.1. The second-order valence-electron chi connectivity index (χ2n) is 4.35. The molecule has 0 bridgehead atoms. The molecule has 0 unspecified atom stereocenters. The second kappa shape index (κ2) is 5.60. The highest BCUT2D eigenvalue weighted by molar-refractivity contribution is 6.02. The summed E-state index contributed by atoms with van der Waals surface area (Å²) in [7, 11) is 0. The number of halogens is 1. The Morgan fingerprint density at radius 2 is 1.95 bits per heavy atom. The summed E-state index contributed by atoms with van der Waals surface area (Å²) in [6.45, 7) is 1.77. The molecule has 1 saturated carbocycles. The standard InChI is InChI=1S/C13H13FN2O3/c1-8(9-2-3-9)16-19-13(18)15-12(17)10-4-6-11(14)7-5-10/h4-7,9H,2-3H2,1H3,(H,15,17,18)/b16-8-. The molecule has 6 heteroatoms. The summed E-state index contributed by atoms with van der Waals surface area (Å²) < 4.78 is 12.7. The molecule has 19 heavy (non-hydrogen) atoms. The predicted octanol–water partition coefficient (Wildman–Crippen LogP) is 2.48. The molecule has 0 aromatic heterocycles. The summed E-state index contributed by atoms with van der Waals surface area (Å²) >= 11 is 0. The van der Waals surface area contributed by atoms with E-state index >= 15 is 0 Å². The first-order chi connectivity index (χ1) is 9.06. The van der Waals surface area contributed by atoms with Crippen molar-refractivity contribution in [3.63, 3.8) is 0 Å². The van der Waals surface area contributed by atoms with Crippen molar-refractivity contribution in [1.29, 1.82) is 0 Å². The van der Waals surface area contributed by atoms with Gasteiger partial charge in [0.05, 0.1) is 5.71 Å². The molecule has 5 nitrogen and oxygen atoms in total. The molecule has 0 spiro atoms. The molecule has 2 rings (SSSR count). The summed E-state index contributed by atoms with van der Waals surface area (Å²) in [5.74, 6) is -0.728. The molecule has 1 aromatic rings. The minimum absolute atomic E-state index is 0.168. The molecular weight excluding hydrogens is 251 g/mol. The van der Waals surface area contributed by atoms with Gasteiger partial charge in [-0.05, 0) is 44.0 Å². The van der Waals surface area contributed by atoms with Gasteiger partial charge in [0.1, 0.15) is 5.82 Å². The monoisotopic (exact) mass is 264 g/mol. The number of imide groups is 1. The largest absolute Gasteiger partial charge is 0.440 e. The van der Waals surface area contributed by atoms with Crippen LogP contribution in [-0.4, -0.2) is 17.7 Å². The Morgan fingerprint density at radius 1 is 1.32 bits per heavy atom. The van der Waals surface area contributed by atoms with Crippen molar-refractivity contribution in [3.05, 3.63) is 35.6 Å². The predicted molar refractivity (Wildman–Crippen MR) is 66.2 cm³/mol. The molecular formula is C13H13FN2O3. The fourth-order valence-electron chi connectivity index (χ4n) is 1.48. The molecule has 2 amide bonds. The first kappa shape index (κ1) is 13.2. The van der Waals surface area contributed by atoms with Crippen LogP contribution in [0.5, 0.6) is 0 Å². The van der Waals surface area contributed by atoms with Gasteiger partial charge in [-0.3, -0.25) is 14.9 Å². The lowest BCUT2D eigenvalue weighted by molar-refractivity contribution is 0.0922. The molecule has 0 heterocycles. The van der Waals surface area contributed by atoms with Gasteiger partial charge in [-0.1, -0.05) is 5.16 Å². The van der Waals surface area contributed by atoms with E-state index in [1.165, 1.54) is 12.1 Å². The number of hydrogen-bond donors (Lipinski definition) is 1. The molecule has 1 aromatic carbocycles. The van der Waals surface area contributed by atoms with Crippen LogP contribution in [0.2, 0.25) is 0 Å². The number of benzene rings is 1. The maximum Gasteiger partial charge on any atom is 0.440 e. The van der Waals surface area contributed by atoms with Crippen molar-refractivity contribution in [1.82, 2.24) is 5.32 Å². The van der Waals surface area contributed by atoms with Gasteiger partial charge in [0.15, 0.2) is 0 Å². The van der Waals surface area contributed by atoms with Gasteiger partial charge < -0.3 is 0 Å². The van der Waals surface area contributed by atoms with Crippen LogP contribution in [0.25, 0.3) is 0 Å². The average Bonchev–Trinajstić information content (AvgIpc) is 3.21. The van der Waals surface area contributed by atoms with Gasteiger partial charge >= 0.3 is 6.09 Å². The number of amides is 2. The third-order valence-electron chi connectivity index (χ3n) is 2.76. The lowest BCUT2D eigenvalue weighted by Gasteiger charge is -2.02. The number of oxime groups is 1. The molecule has 1 aliphatic rings. The van der Waals surface area contributed by atoms with E-state index in [1.807, 2.05) is 5.32 Å². The maximum absolute atomic E-state index is 12.7. The summed E-state index contributed by atoms with van der Waals surface area (Å²) in [6.07, 6.45) is 1.15. The Hall–Kier alpha value is -2.24. The minimum atomic E-state index is -0.950. The minimum Gasteiger partial charge on any atom is -0.298 e. The number of hydrogen-bond acceptors (Lipinski definition) is 4. The Balaban J connectivity index is 1.86. The van der Waals surface area contributed by atoms with Crippen LogP contribution in [0.4, 0.5) is 9.18 Å². The normalized spacial score (nSPS) is 14.9. The molecule has 1 N–H and O–H groups in total. The summed E-state index contributed by atoms with van der Waals surface area (Å²) in [6, 6.07) is 4.82. The number of nitrogens with one attached hydrogen (secondary N) is 1. The lowest BCUT2D eigenvalue weighted by Crippen LogP contribution is -2.30. The topological polar surface area (TPSA) is 67.8 Å². The van der Waals surface area contributed by atoms with Gasteiger partial charge in [0.25, 0.3) is 5.91 Å². The molecule has 0 saturated heterocycles. The zero-order valence-corrected chi connectivity index (χ0v) is 10.4. The van der Waals surface area contributed by atoms with Crippen LogP contribution < -0.4 is 5.32 Å². The van der Waals surface area contributed by atoms with Gasteiger partial charge in [0.2, 0.25) is 0 Å². The van der Waals surface area contributed by atoms with E-state index in [4.69, 9.17) is 0 Å². The van der Waals surface area contributed by atoms with Crippen LogP contribution in [0.15, 0.2) is 29.4 Å². The quantitative estimate of drug-likeness (QED) is 0.518. The van der Waals surface area contributed by atoms with Crippen molar-refractivity contribution in [3.8, 4) is 0 Å². The van der Waals surface area contributed by atoms with Crippen molar-refractivity contribution >= 4 is 17.7 Å². The third kappa shape index (κ3) is 3.87. The SMILES string of the molecule is C/C(=N/OC(=O)NC(=O)c1ccc(F)cc1)C1CC1. The van der Waals surface area contributed by atoms with Crippen molar-refractivity contribution in [2.75, 3.05) is 0 Å². The van der Waals surface area contributed by atoms with Crippen LogP contribution >= 0.6 is 0 Å². The Morgan fingerprint density at radius 3 is 2.53 bits per heavy atom. The summed E-state index contributed by atoms with van der Waals surface area (Å²) in [4.78, 5) is 27.4. The van der Waals surface area contributed by atoms with Crippen LogP contribution in [-0.2, 0) is 4.84 Å². The van der Waals surface area contributed by atoms with Crippen molar-refractivity contribution in [2.45, 2.75) is 19.8 Å². The molecule has 0 radical (unpaired) electrons. The highest BCUT2D eigenvalue weighted by Crippen LogP contribution is 2.30. The summed E-state index contributed by atoms with van der Waals surface area (Å²) in [5.41, 5.74) is 0.908. The number of nitrogens with zero attached hydrogens (tertiary/aromatic N) is 1. The van der Waals surface area contributed by atoms with Crippen molar-refractivity contribution < 1.29 is 18.8 Å². The van der Waals surface area contributed by atoms with E-state index < -0.39 is 17.8 Å². The second-order valence-corrected chi connectivity index (χ2v) is 4.35. The van der Waals surface area contributed by atoms with E-state index in [9.17, 15) is 14.0 Å². The first-order valence-electron chi connectivity index (χ1n) is 5.88. The zero-order valence-electron chi connectivity index (χ0n) is 10.4. The smallest absolute Gasteiger partial charge is 0.298 e. The maximum atomic E-state index is 12.7.